The molecule has 2 N–H and O–H groups in total. The molecule has 0 bridgehead atoms. The predicted octanol–water partition coefficient (Wildman–Crippen LogP) is 3.36. The highest BCUT2D eigenvalue weighted by Gasteiger charge is 2.16. The van der Waals surface area contributed by atoms with Crippen LogP contribution in [0.1, 0.15) is 29.8 Å². The summed E-state index contributed by atoms with van der Waals surface area (Å²) in [6, 6.07) is 11.7. The normalized spacial score (nSPS) is 14.0. The van der Waals surface area contributed by atoms with Crippen molar-refractivity contribution in [1.29, 1.82) is 0 Å². The standard InChI is InChI=1S/C16H19BrN2O/c1-11-14(4-3-9-18-11)10-19-12(2)16(20)13-5-7-15(17)8-6-13/h3-9,12,16,19-20H,10H2,1-2H3. The fraction of sp³-hybridized carbons (Fsp3) is 0.312. The number of aryl methyl sites for hydroxylation is 1. The number of halogens is 1. The van der Waals surface area contributed by atoms with E-state index < -0.39 is 6.10 Å². The van der Waals surface area contributed by atoms with Crippen LogP contribution in [0.2, 0.25) is 0 Å². The third kappa shape index (κ3) is 3.88. The Morgan fingerprint density at radius 1 is 1.25 bits per heavy atom. The van der Waals surface area contributed by atoms with Crippen LogP contribution < -0.4 is 5.32 Å². The molecule has 0 aliphatic carbocycles. The smallest absolute Gasteiger partial charge is 0.0940 e. The maximum absolute atomic E-state index is 10.3. The van der Waals surface area contributed by atoms with Gasteiger partial charge in [0, 0.05) is 29.0 Å². The molecule has 4 heteroatoms. The van der Waals surface area contributed by atoms with Crippen LogP contribution in [0.5, 0.6) is 0 Å². The molecule has 20 heavy (non-hydrogen) atoms. The van der Waals surface area contributed by atoms with E-state index in [9.17, 15) is 5.11 Å². The fourth-order valence-electron chi connectivity index (χ4n) is 2.04. The lowest BCUT2D eigenvalue weighted by atomic mass is 10.0. The molecule has 2 aromatic rings. The minimum atomic E-state index is -0.528. The van der Waals surface area contributed by atoms with Crippen molar-refractivity contribution in [3.05, 3.63) is 63.9 Å². The summed E-state index contributed by atoms with van der Waals surface area (Å²) in [6.07, 6.45) is 1.26. The number of nitrogens with one attached hydrogen (secondary N) is 1. The van der Waals surface area contributed by atoms with Crippen LogP contribution in [-0.2, 0) is 6.54 Å². The van der Waals surface area contributed by atoms with Gasteiger partial charge in [0.2, 0.25) is 0 Å². The molecule has 0 radical (unpaired) electrons. The molecule has 0 saturated heterocycles. The number of benzene rings is 1. The van der Waals surface area contributed by atoms with Crippen LogP contribution >= 0.6 is 15.9 Å². The van der Waals surface area contributed by atoms with Crippen LogP contribution in [-0.4, -0.2) is 16.1 Å². The lowest BCUT2D eigenvalue weighted by Crippen LogP contribution is -2.32. The van der Waals surface area contributed by atoms with Gasteiger partial charge in [-0.15, -0.1) is 0 Å². The third-order valence-corrected chi connectivity index (χ3v) is 3.94. The Hall–Kier alpha value is -1.23. The Bertz CT molecular complexity index is 557. The second kappa shape index (κ2) is 6.97. The summed E-state index contributed by atoms with van der Waals surface area (Å²) < 4.78 is 1.01. The van der Waals surface area contributed by atoms with Crippen LogP contribution in [0.25, 0.3) is 0 Å². The molecule has 2 rings (SSSR count). The minimum Gasteiger partial charge on any atom is -0.387 e. The van der Waals surface area contributed by atoms with Crippen LogP contribution in [0.15, 0.2) is 47.1 Å². The molecular weight excluding hydrogens is 316 g/mol. The van der Waals surface area contributed by atoms with E-state index in [4.69, 9.17) is 0 Å². The molecule has 0 fully saturated rings. The molecule has 1 aromatic carbocycles. The molecule has 0 amide bonds. The number of hydrogen-bond acceptors (Lipinski definition) is 3. The van der Waals surface area contributed by atoms with Crippen LogP contribution in [0, 0.1) is 6.92 Å². The second-order valence-electron chi connectivity index (χ2n) is 4.91. The summed E-state index contributed by atoms with van der Waals surface area (Å²) in [5, 5.41) is 13.7. The van der Waals surface area contributed by atoms with Gasteiger partial charge in [0.1, 0.15) is 0 Å². The van der Waals surface area contributed by atoms with Gasteiger partial charge in [-0.1, -0.05) is 34.1 Å². The highest BCUT2D eigenvalue weighted by molar-refractivity contribution is 9.10. The lowest BCUT2D eigenvalue weighted by molar-refractivity contribution is 0.135. The average molecular weight is 335 g/mol. The fourth-order valence-corrected chi connectivity index (χ4v) is 2.30. The number of aromatic nitrogens is 1. The second-order valence-corrected chi connectivity index (χ2v) is 5.83. The lowest BCUT2D eigenvalue weighted by Gasteiger charge is -2.21. The van der Waals surface area contributed by atoms with Crippen molar-refractivity contribution in [1.82, 2.24) is 10.3 Å². The van der Waals surface area contributed by atoms with Crippen molar-refractivity contribution in [3.8, 4) is 0 Å². The van der Waals surface area contributed by atoms with Crippen molar-refractivity contribution < 1.29 is 5.11 Å². The molecule has 0 spiro atoms. The molecule has 0 aliphatic heterocycles. The maximum atomic E-state index is 10.3. The van der Waals surface area contributed by atoms with Gasteiger partial charge in [-0.05, 0) is 43.2 Å². The largest absolute Gasteiger partial charge is 0.387 e. The molecule has 106 valence electrons. The summed E-state index contributed by atoms with van der Waals surface area (Å²) in [4.78, 5) is 4.26. The molecule has 2 unspecified atom stereocenters. The van der Waals surface area contributed by atoms with Crippen molar-refractivity contribution in [2.24, 2.45) is 0 Å². The Balaban J connectivity index is 1.96. The van der Waals surface area contributed by atoms with Gasteiger partial charge < -0.3 is 10.4 Å². The Morgan fingerprint density at radius 2 is 1.95 bits per heavy atom. The molecular formula is C16H19BrN2O. The molecule has 1 aromatic heterocycles. The number of aliphatic hydroxyl groups excluding tert-OH is 1. The summed E-state index contributed by atoms with van der Waals surface area (Å²) in [5.74, 6) is 0. The van der Waals surface area contributed by atoms with E-state index in [1.165, 1.54) is 0 Å². The Kier molecular flexibility index (Phi) is 5.29. The monoisotopic (exact) mass is 334 g/mol. The molecule has 1 heterocycles. The van der Waals surface area contributed by atoms with E-state index in [2.05, 4.69) is 26.2 Å². The van der Waals surface area contributed by atoms with E-state index >= 15 is 0 Å². The first-order valence-corrected chi connectivity index (χ1v) is 7.44. The van der Waals surface area contributed by atoms with Gasteiger partial charge in [-0.25, -0.2) is 0 Å². The molecule has 3 nitrogen and oxygen atoms in total. The number of rotatable bonds is 5. The molecule has 2 atom stereocenters. The average Bonchev–Trinajstić information content (AvgIpc) is 2.46. The SMILES string of the molecule is Cc1ncccc1CNC(C)C(O)c1ccc(Br)cc1. The first-order chi connectivity index (χ1) is 9.58. The summed E-state index contributed by atoms with van der Waals surface area (Å²) in [6.45, 7) is 4.68. The van der Waals surface area contributed by atoms with E-state index in [1.54, 1.807) is 6.20 Å². The molecule has 0 saturated carbocycles. The van der Waals surface area contributed by atoms with Crippen molar-refractivity contribution >= 4 is 15.9 Å². The maximum Gasteiger partial charge on any atom is 0.0940 e. The number of hydrogen-bond donors (Lipinski definition) is 2. The van der Waals surface area contributed by atoms with Gasteiger partial charge in [0.25, 0.3) is 0 Å². The van der Waals surface area contributed by atoms with Gasteiger partial charge in [-0.2, -0.15) is 0 Å². The van der Waals surface area contributed by atoms with E-state index in [0.29, 0.717) is 6.54 Å². The Labute approximate surface area is 128 Å². The zero-order valence-corrected chi connectivity index (χ0v) is 13.3. The highest BCUT2D eigenvalue weighted by atomic mass is 79.9. The third-order valence-electron chi connectivity index (χ3n) is 3.42. The van der Waals surface area contributed by atoms with Gasteiger partial charge in [0.15, 0.2) is 0 Å². The zero-order valence-electron chi connectivity index (χ0n) is 11.7. The van der Waals surface area contributed by atoms with E-state index in [1.807, 2.05) is 50.2 Å². The van der Waals surface area contributed by atoms with Crippen molar-refractivity contribution in [2.75, 3.05) is 0 Å². The van der Waals surface area contributed by atoms with Gasteiger partial charge in [0.05, 0.1) is 6.10 Å². The van der Waals surface area contributed by atoms with Gasteiger partial charge >= 0.3 is 0 Å². The van der Waals surface area contributed by atoms with E-state index in [-0.39, 0.29) is 6.04 Å². The summed E-state index contributed by atoms with van der Waals surface area (Å²) in [7, 11) is 0. The van der Waals surface area contributed by atoms with E-state index in [0.717, 1.165) is 21.3 Å². The zero-order chi connectivity index (χ0) is 14.5. The predicted molar refractivity (Wildman–Crippen MR) is 84.4 cm³/mol. The van der Waals surface area contributed by atoms with Crippen molar-refractivity contribution in [2.45, 2.75) is 32.5 Å². The minimum absolute atomic E-state index is 0.0317. The van der Waals surface area contributed by atoms with Crippen molar-refractivity contribution in [3.63, 3.8) is 0 Å². The number of aliphatic hydroxyl groups is 1. The van der Waals surface area contributed by atoms with Crippen LogP contribution in [0.4, 0.5) is 0 Å². The van der Waals surface area contributed by atoms with Crippen LogP contribution in [0.3, 0.4) is 0 Å². The molecule has 0 aliphatic rings. The summed E-state index contributed by atoms with van der Waals surface area (Å²) in [5.41, 5.74) is 3.09. The first-order valence-electron chi connectivity index (χ1n) is 6.65. The number of nitrogens with zero attached hydrogens (tertiary/aromatic N) is 1. The quantitative estimate of drug-likeness (QED) is 0.881. The highest BCUT2D eigenvalue weighted by Crippen LogP contribution is 2.19. The Morgan fingerprint density at radius 3 is 2.60 bits per heavy atom. The van der Waals surface area contributed by atoms with Gasteiger partial charge in [-0.3, -0.25) is 4.98 Å². The summed E-state index contributed by atoms with van der Waals surface area (Å²) >= 11 is 3.40. The topological polar surface area (TPSA) is 45.2 Å². The number of pyridine rings is 1. The first kappa shape index (κ1) is 15.2.